The number of rotatable bonds is 6. The summed E-state index contributed by atoms with van der Waals surface area (Å²) in [6.07, 6.45) is 0.134. The molecule has 0 aliphatic heterocycles. The van der Waals surface area contributed by atoms with Crippen molar-refractivity contribution in [1.29, 1.82) is 0 Å². The lowest BCUT2D eigenvalue weighted by atomic mass is 10.2. The summed E-state index contributed by atoms with van der Waals surface area (Å²) in [5, 5.41) is 13.7. The van der Waals surface area contributed by atoms with Gasteiger partial charge in [-0.2, -0.15) is 0 Å². The molecule has 1 aromatic carbocycles. The average Bonchev–Trinajstić information content (AvgIpc) is 2.83. The summed E-state index contributed by atoms with van der Waals surface area (Å²) in [6, 6.07) is 7.29. The van der Waals surface area contributed by atoms with Crippen LogP contribution in [0.15, 0.2) is 24.3 Å². The summed E-state index contributed by atoms with van der Waals surface area (Å²) in [5.74, 6) is 1.62. The predicted molar refractivity (Wildman–Crippen MR) is 77.9 cm³/mol. The summed E-state index contributed by atoms with van der Waals surface area (Å²) < 4.78 is 7.06. The first-order chi connectivity index (χ1) is 10.0. The Morgan fingerprint density at radius 2 is 2.05 bits per heavy atom. The van der Waals surface area contributed by atoms with Gasteiger partial charge in [-0.05, 0) is 40.6 Å². The van der Waals surface area contributed by atoms with Crippen LogP contribution in [-0.4, -0.2) is 32.7 Å². The lowest BCUT2D eigenvalue weighted by Gasteiger charge is -2.09. The van der Waals surface area contributed by atoms with Crippen LogP contribution >= 0.6 is 0 Å². The van der Waals surface area contributed by atoms with Gasteiger partial charge in [-0.3, -0.25) is 4.79 Å². The first-order valence-electron chi connectivity index (χ1n) is 6.78. The second kappa shape index (κ2) is 6.83. The van der Waals surface area contributed by atoms with Crippen molar-refractivity contribution in [3.63, 3.8) is 0 Å². The van der Waals surface area contributed by atoms with E-state index < -0.39 is 0 Å². The molecule has 0 bridgehead atoms. The number of carbonyl (C=O) groups is 1. The molecule has 0 saturated heterocycles. The fourth-order valence-corrected chi connectivity index (χ4v) is 1.64. The van der Waals surface area contributed by atoms with Gasteiger partial charge in [0.15, 0.2) is 5.82 Å². The number of hydrogen-bond acceptors (Lipinski definition) is 5. The Labute approximate surface area is 123 Å². The molecule has 0 unspecified atom stereocenters. The van der Waals surface area contributed by atoms with Crippen LogP contribution in [0.1, 0.15) is 19.7 Å². The number of nitrogens with zero attached hydrogens (tertiary/aromatic N) is 4. The normalized spacial score (nSPS) is 10.7. The van der Waals surface area contributed by atoms with Gasteiger partial charge in [0.2, 0.25) is 5.91 Å². The predicted octanol–water partition coefficient (Wildman–Crippen LogP) is 1.43. The number of amides is 1. The van der Waals surface area contributed by atoms with E-state index in [2.05, 4.69) is 34.7 Å². The maximum absolute atomic E-state index is 11.9. The third-order valence-electron chi connectivity index (χ3n) is 2.75. The Bertz CT molecular complexity index is 592. The minimum absolute atomic E-state index is 0.134. The van der Waals surface area contributed by atoms with Gasteiger partial charge in [-0.25, -0.2) is 4.68 Å². The molecule has 0 aliphatic rings. The number of nitrogens with one attached hydrogen (secondary N) is 1. The van der Waals surface area contributed by atoms with Crippen molar-refractivity contribution in [3.05, 3.63) is 30.1 Å². The third kappa shape index (κ3) is 4.55. The quantitative estimate of drug-likeness (QED) is 0.870. The molecule has 1 amide bonds. The number of tetrazole rings is 1. The highest BCUT2D eigenvalue weighted by molar-refractivity contribution is 5.91. The van der Waals surface area contributed by atoms with Gasteiger partial charge in [0.05, 0.1) is 13.0 Å². The molecule has 0 spiro atoms. The van der Waals surface area contributed by atoms with E-state index in [1.807, 2.05) is 24.3 Å². The molecule has 1 heterocycles. The largest absolute Gasteiger partial charge is 0.493 e. The van der Waals surface area contributed by atoms with E-state index in [1.165, 1.54) is 4.68 Å². The zero-order valence-corrected chi connectivity index (χ0v) is 12.4. The van der Waals surface area contributed by atoms with E-state index in [9.17, 15) is 4.79 Å². The monoisotopic (exact) mass is 289 g/mol. The van der Waals surface area contributed by atoms with Crippen molar-refractivity contribution in [2.24, 2.45) is 13.0 Å². The van der Waals surface area contributed by atoms with Gasteiger partial charge in [0.25, 0.3) is 0 Å². The van der Waals surface area contributed by atoms with Crippen molar-refractivity contribution in [2.45, 2.75) is 20.3 Å². The second-order valence-electron chi connectivity index (χ2n) is 5.17. The van der Waals surface area contributed by atoms with Crippen LogP contribution in [0.5, 0.6) is 5.75 Å². The summed E-state index contributed by atoms with van der Waals surface area (Å²) in [7, 11) is 1.70. The maximum atomic E-state index is 11.9. The molecular weight excluding hydrogens is 270 g/mol. The molecule has 0 fully saturated rings. The van der Waals surface area contributed by atoms with Gasteiger partial charge in [-0.15, -0.1) is 5.10 Å². The number of ether oxygens (including phenoxy) is 1. The number of anilines is 1. The summed E-state index contributed by atoms with van der Waals surface area (Å²) in [5.41, 5.74) is 0.715. The molecule has 1 N–H and O–H groups in total. The fourth-order valence-electron chi connectivity index (χ4n) is 1.64. The molecule has 0 aliphatic carbocycles. The van der Waals surface area contributed by atoms with Crippen molar-refractivity contribution >= 4 is 11.6 Å². The van der Waals surface area contributed by atoms with E-state index in [1.54, 1.807) is 7.05 Å². The van der Waals surface area contributed by atoms with Crippen LogP contribution in [0.2, 0.25) is 0 Å². The Kier molecular flexibility index (Phi) is 4.86. The van der Waals surface area contributed by atoms with E-state index in [4.69, 9.17) is 4.74 Å². The molecule has 0 radical (unpaired) electrons. The highest BCUT2D eigenvalue weighted by atomic mass is 16.5. The Balaban J connectivity index is 1.88. The van der Waals surface area contributed by atoms with Crippen LogP contribution in [-0.2, 0) is 18.3 Å². The van der Waals surface area contributed by atoms with Crippen LogP contribution in [0.4, 0.5) is 5.69 Å². The van der Waals surface area contributed by atoms with Crippen LogP contribution in [0.25, 0.3) is 0 Å². The standard InChI is InChI=1S/C14H19N5O2/c1-10(2)9-21-12-6-4-11(5-7-12)15-14(20)8-13-16-17-18-19(13)3/h4-7,10H,8-9H2,1-3H3,(H,15,20). The molecule has 112 valence electrons. The molecule has 0 saturated carbocycles. The second-order valence-corrected chi connectivity index (χ2v) is 5.17. The highest BCUT2D eigenvalue weighted by Gasteiger charge is 2.09. The van der Waals surface area contributed by atoms with E-state index in [-0.39, 0.29) is 12.3 Å². The zero-order valence-electron chi connectivity index (χ0n) is 12.4. The topological polar surface area (TPSA) is 81.9 Å². The van der Waals surface area contributed by atoms with Gasteiger partial charge in [0, 0.05) is 12.7 Å². The van der Waals surface area contributed by atoms with Crippen LogP contribution in [0, 0.1) is 5.92 Å². The van der Waals surface area contributed by atoms with Crippen molar-refractivity contribution in [3.8, 4) is 5.75 Å². The first kappa shape index (κ1) is 15.0. The minimum atomic E-state index is -0.163. The first-order valence-corrected chi connectivity index (χ1v) is 6.78. The molecule has 7 nitrogen and oxygen atoms in total. The summed E-state index contributed by atoms with van der Waals surface area (Å²) in [6.45, 7) is 4.86. The van der Waals surface area contributed by atoms with Gasteiger partial charge >= 0.3 is 0 Å². The zero-order chi connectivity index (χ0) is 15.2. The van der Waals surface area contributed by atoms with Gasteiger partial charge < -0.3 is 10.1 Å². The lowest BCUT2D eigenvalue weighted by molar-refractivity contribution is -0.115. The molecule has 7 heteroatoms. The average molecular weight is 289 g/mol. The minimum Gasteiger partial charge on any atom is -0.493 e. The summed E-state index contributed by atoms with van der Waals surface area (Å²) >= 11 is 0. The number of benzene rings is 1. The Morgan fingerprint density at radius 3 is 2.62 bits per heavy atom. The third-order valence-corrected chi connectivity index (χ3v) is 2.75. The number of aryl methyl sites for hydroxylation is 1. The summed E-state index contributed by atoms with van der Waals surface area (Å²) in [4.78, 5) is 11.9. The van der Waals surface area contributed by atoms with Gasteiger partial charge in [-0.1, -0.05) is 13.8 Å². The van der Waals surface area contributed by atoms with Crippen molar-refractivity contribution in [2.75, 3.05) is 11.9 Å². The Hall–Kier alpha value is -2.44. The molecule has 1 aromatic heterocycles. The molecule has 21 heavy (non-hydrogen) atoms. The Morgan fingerprint density at radius 1 is 1.33 bits per heavy atom. The number of carbonyl (C=O) groups excluding carboxylic acids is 1. The fraction of sp³-hybridized carbons (Fsp3) is 0.429. The molecule has 0 atom stereocenters. The van der Waals surface area contributed by atoms with Gasteiger partial charge in [0.1, 0.15) is 5.75 Å². The van der Waals surface area contributed by atoms with Crippen molar-refractivity contribution < 1.29 is 9.53 Å². The number of hydrogen-bond donors (Lipinski definition) is 1. The SMILES string of the molecule is CC(C)COc1ccc(NC(=O)Cc2nnnn2C)cc1. The lowest BCUT2D eigenvalue weighted by Crippen LogP contribution is -2.17. The van der Waals surface area contributed by atoms with E-state index in [0.717, 1.165) is 5.75 Å². The van der Waals surface area contributed by atoms with Crippen molar-refractivity contribution in [1.82, 2.24) is 20.2 Å². The van der Waals surface area contributed by atoms with E-state index >= 15 is 0 Å². The molecular formula is C14H19N5O2. The maximum Gasteiger partial charge on any atom is 0.232 e. The van der Waals surface area contributed by atoms with Crippen LogP contribution in [0.3, 0.4) is 0 Å². The molecule has 2 rings (SSSR count). The van der Waals surface area contributed by atoms with Crippen LogP contribution < -0.4 is 10.1 Å². The van der Waals surface area contributed by atoms with E-state index in [0.29, 0.717) is 24.0 Å². The molecule has 2 aromatic rings. The number of aromatic nitrogens is 4. The smallest absolute Gasteiger partial charge is 0.232 e. The highest BCUT2D eigenvalue weighted by Crippen LogP contribution is 2.16.